The zero-order valence-electron chi connectivity index (χ0n) is 13.4. The summed E-state index contributed by atoms with van der Waals surface area (Å²) in [5.41, 5.74) is 1.68. The van der Waals surface area contributed by atoms with Gasteiger partial charge in [0.1, 0.15) is 5.84 Å². The van der Waals surface area contributed by atoms with E-state index in [0.29, 0.717) is 21.8 Å². The number of nitrogens with one attached hydrogen (secondary N) is 1. The Hall–Kier alpha value is -1.53. The highest BCUT2D eigenvalue weighted by Crippen LogP contribution is 2.36. The van der Waals surface area contributed by atoms with Crippen molar-refractivity contribution in [3.8, 4) is 0 Å². The SMILES string of the molecule is CC(C)c1c(S(C)(=O)=O)c2cc(Cl)ccc2n1CC1=NCCN1. The molecule has 1 aliphatic rings. The molecular weight excluding hydrogens is 334 g/mol. The molecule has 0 unspecified atom stereocenters. The van der Waals surface area contributed by atoms with E-state index >= 15 is 0 Å². The average Bonchev–Trinajstić information content (AvgIpc) is 3.04. The monoisotopic (exact) mass is 353 g/mol. The Balaban J connectivity index is 2.34. The Kier molecular flexibility index (Phi) is 4.14. The zero-order chi connectivity index (χ0) is 16.8. The van der Waals surface area contributed by atoms with E-state index in [-0.39, 0.29) is 5.92 Å². The largest absolute Gasteiger partial charge is 0.370 e. The van der Waals surface area contributed by atoms with Gasteiger partial charge in [-0.05, 0) is 24.1 Å². The van der Waals surface area contributed by atoms with Gasteiger partial charge in [-0.3, -0.25) is 4.99 Å². The molecule has 7 heteroatoms. The van der Waals surface area contributed by atoms with Crippen LogP contribution in [0.5, 0.6) is 0 Å². The Morgan fingerprint density at radius 1 is 1.39 bits per heavy atom. The highest BCUT2D eigenvalue weighted by molar-refractivity contribution is 7.91. The van der Waals surface area contributed by atoms with Gasteiger partial charge in [0.25, 0.3) is 0 Å². The molecule has 124 valence electrons. The lowest BCUT2D eigenvalue weighted by Gasteiger charge is -2.15. The van der Waals surface area contributed by atoms with Gasteiger partial charge in [0, 0.05) is 28.9 Å². The molecule has 2 heterocycles. The molecule has 2 aromatic rings. The number of hydrogen-bond donors (Lipinski definition) is 1. The number of rotatable bonds is 4. The Morgan fingerprint density at radius 2 is 2.13 bits per heavy atom. The topological polar surface area (TPSA) is 63.5 Å². The third-order valence-electron chi connectivity index (χ3n) is 3.99. The molecule has 0 atom stereocenters. The highest BCUT2D eigenvalue weighted by atomic mass is 35.5. The quantitative estimate of drug-likeness (QED) is 0.919. The van der Waals surface area contributed by atoms with Crippen LogP contribution in [0.2, 0.25) is 5.02 Å². The number of sulfone groups is 1. The van der Waals surface area contributed by atoms with Crippen LogP contribution in [0.15, 0.2) is 28.1 Å². The predicted molar refractivity (Wildman–Crippen MR) is 94.5 cm³/mol. The number of aliphatic imine (C=N–C) groups is 1. The lowest BCUT2D eigenvalue weighted by Crippen LogP contribution is -2.24. The first-order valence-electron chi connectivity index (χ1n) is 7.58. The number of fused-ring (bicyclic) bond motifs is 1. The summed E-state index contributed by atoms with van der Waals surface area (Å²) in [7, 11) is -3.37. The molecule has 0 saturated carbocycles. The van der Waals surface area contributed by atoms with E-state index in [1.165, 1.54) is 6.26 Å². The molecule has 1 aromatic heterocycles. The lowest BCUT2D eigenvalue weighted by molar-refractivity contribution is 0.598. The number of aromatic nitrogens is 1. The van der Waals surface area contributed by atoms with E-state index in [1.54, 1.807) is 12.1 Å². The van der Waals surface area contributed by atoms with Crippen molar-refractivity contribution in [1.82, 2.24) is 9.88 Å². The second-order valence-corrected chi connectivity index (χ2v) is 8.53. The number of halogens is 1. The average molecular weight is 354 g/mol. The molecule has 0 amide bonds. The standard InChI is InChI=1S/C16H20ClN3O2S/c1-10(2)15-16(23(3,21)22)12-8-11(17)4-5-13(12)20(15)9-14-18-6-7-19-14/h4-5,8,10H,6-7,9H2,1-3H3,(H,18,19). The van der Waals surface area contributed by atoms with Crippen LogP contribution in [0.25, 0.3) is 10.9 Å². The first-order valence-corrected chi connectivity index (χ1v) is 9.85. The molecule has 3 rings (SSSR count). The normalized spacial score (nSPS) is 15.3. The molecule has 5 nitrogen and oxygen atoms in total. The maximum atomic E-state index is 12.4. The van der Waals surface area contributed by atoms with Gasteiger partial charge in [0.15, 0.2) is 9.84 Å². The first kappa shape index (κ1) is 16.3. The molecule has 1 aromatic carbocycles. The van der Waals surface area contributed by atoms with Gasteiger partial charge in [-0.15, -0.1) is 0 Å². The lowest BCUT2D eigenvalue weighted by atomic mass is 10.1. The molecule has 0 bridgehead atoms. The minimum absolute atomic E-state index is 0.0629. The fourth-order valence-corrected chi connectivity index (χ4v) is 4.61. The number of benzene rings is 1. The molecule has 0 fully saturated rings. The fourth-order valence-electron chi connectivity index (χ4n) is 3.15. The van der Waals surface area contributed by atoms with Gasteiger partial charge in [0.05, 0.1) is 23.5 Å². The van der Waals surface area contributed by atoms with Crippen molar-refractivity contribution >= 4 is 38.2 Å². The molecular formula is C16H20ClN3O2S. The van der Waals surface area contributed by atoms with Crippen molar-refractivity contribution in [3.63, 3.8) is 0 Å². The van der Waals surface area contributed by atoms with Crippen LogP contribution in [0.1, 0.15) is 25.5 Å². The molecule has 0 saturated heterocycles. The highest BCUT2D eigenvalue weighted by Gasteiger charge is 2.27. The van der Waals surface area contributed by atoms with Crippen LogP contribution >= 0.6 is 11.6 Å². The minimum atomic E-state index is -3.37. The van der Waals surface area contributed by atoms with Gasteiger partial charge < -0.3 is 9.88 Å². The van der Waals surface area contributed by atoms with Crippen LogP contribution in [-0.4, -0.2) is 38.2 Å². The van der Waals surface area contributed by atoms with Crippen LogP contribution in [0, 0.1) is 0 Å². The van der Waals surface area contributed by atoms with Crippen molar-refractivity contribution in [2.45, 2.75) is 31.2 Å². The Morgan fingerprint density at radius 3 is 2.70 bits per heavy atom. The number of nitrogens with zero attached hydrogens (tertiary/aromatic N) is 2. The van der Waals surface area contributed by atoms with Crippen molar-refractivity contribution in [2.24, 2.45) is 4.99 Å². The summed E-state index contributed by atoms with van der Waals surface area (Å²) in [6.07, 6.45) is 1.25. The molecule has 23 heavy (non-hydrogen) atoms. The van der Waals surface area contributed by atoms with Gasteiger partial charge in [-0.2, -0.15) is 0 Å². The van der Waals surface area contributed by atoms with Crippen LogP contribution < -0.4 is 5.32 Å². The van der Waals surface area contributed by atoms with Crippen LogP contribution in [0.3, 0.4) is 0 Å². The summed E-state index contributed by atoms with van der Waals surface area (Å²) in [5.74, 6) is 0.951. The number of hydrogen-bond acceptors (Lipinski definition) is 4. The summed E-state index contributed by atoms with van der Waals surface area (Å²) in [4.78, 5) is 4.81. The van der Waals surface area contributed by atoms with Crippen molar-refractivity contribution in [3.05, 3.63) is 28.9 Å². The molecule has 0 aliphatic carbocycles. The van der Waals surface area contributed by atoms with Crippen molar-refractivity contribution in [2.75, 3.05) is 19.3 Å². The molecule has 1 aliphatic heterocycles. The van der Waals surface area contributed by atoms with E-state index in [4.69, 9.17) is 11.6 Å². The van der Waals surface area contributed by atoms with E-state index in [1.807, 2.05) is 24.5 Å². The molecule has 1 N–H and O–H groups in total. The smallest absolute Gasteiger partial charge is 0.177 e. The minimum Gasteiger partial charge on any atom is -0.370 e. The second kappa shape index (κ2) is 5.83. The predicted octanol–water partition coefficient (Wildman–Crippen LogP) is 2.82. The van der Waals surface area contributed by atoms with Gasteiger partial charge in [-0.1, -0.05) is 25.4 Å². The second-order valence-electron chi connectivity index (χ2n) is 6.14. The Labute approximate surface area is 141 Å². The first-order chi connectivity index (χ1) is 10.8. The van der Waals surface area contributed by atoms with Gasteiger partial charge >= 0.3 is 0 Å². The van der Waals surface area contributed by atoms with E-state index < -0.39 is 9.84 Å². The third-order valence-corrected chi connectivity index (χ3v) is 5.39. The van der Waals surface area contributed by atoms with Crippen molar-refractivity contribution < 1.29 is 8.42 Å². The summed E-state index contributed by atoms with van der Waals surface area (Å²) in [6, 6.07) is 5.41. The zero-order valence-corrected chi connectivity index (χ0v) is 15.0. The summed E-state index contributed by atoms with van der Waals surface area (Å²) >= 11 is 6.11. The maximum Gasteiger partial charge on any atom is 0.177 e. The molecule has 0 spiro atoms. The van der Waals surface area contributed by atoms with E-state index in [0.717, 1.165) is 30.1 Å². The molecule has 0 radical (unpaired) electrons. The summed E-state index contributed by atoms with van der Waals surface area (Å²) < 4.78 is 26.9. The third kappa shape index (κ3) is 2.97. The summed E-state index contributed by atoms with van der Waals surface area (Å²) in [5, 5.41) is 4.47. The van der Waals surface area contributed by atoms with Crippen LogP contribution in [-0.2, 0) is 16.4 Å². The fraction of sp³-hybridized carbons (Fsp3) is 0.438. The van der Waals surface area contributed by atoms with Gasteiger partial charge in [-0.25, -0.2) is 8.42 Å². The van der Waals surface area contributed by atoms with Crippen molar-refractivity contribution in [1.29, 1.82) is 0 Å². The Bertz CT molecular complexity index is 898. The van der Waals surface area contributed by atoms with Crippen LogP contribution in [0.4, 0.5) is 0 Å². The van der Waals surface area contributed by atoms with E-state index in [9.17, 15) is 8.42 Å². The van der Waals surface area contributed by atoms with Gasteiger partial charge in [0.2, 0.25) is 0 Å². The maximum absolute atomic E-state index is 12.4. The number of amidine groups is 1. The van der Waals surface area contributed by atoms with E-state index in [2.05, 4.69) is 10.3 Å². The summed E-state index contributed by atoms with van der Waals surface area (Å²) in [6.45, 7) is 6.14.